The molecule has 180 valence electrons. The highest BCUT2D eigenvalue weighted by Crippen LogP contribution is 2.21. The number of methoxy groups -OCH3 is 1. The lowest BCUT2D eigenvalue weighted by Gasteiger charge is -2.11. The minimum Gasteiger partial charge on any atom is -0.507 e. The van der Waals surface area contributed by atoms with Gasteiger partial charge in [-0.25, -0.2) is 5.43 Å². The van der Waals surface area contributed by atoms with Crippen LogP contribution in [-0.4, -0.2) is 42.8 Å². The van der Waals surface area contributed by atoms with Gasteiger partial charge < -0.3 is 25.2 Å². The van der Waals surface area contributed by atoms with Gasteiger partial charge in [0.1, 0.15) is 17.2 Å². The number of phenols is 1. The molecule has 0 atom stereocenters. The average molecular weight is 476 g/mol. The van der Waals surface area contributed by atoms with Crippen LogP contribution in [-0.2, 0) is 9.59 Å². The second kappa shape index (κ2) is 11.8. The van der Waals surface area contributed by atoms with Crippen molar-refractivity contribution in [2.45, 2.75) is 6.92 Å². The highest BCUT2D eigenvalue weighted by atomic mass is 16.5. The molecule has 10 heteroatoms. The Morgan fingerprint density at radius 3 is 2.37 bits per heavy atom. The van der Waals surface area contributed by atoms with E-state index < -0.39 is 17.7 Å². The van der Waals surface area contributed by atoms with E-state index in [1.807, 2.05) is 6.92 Å². The summed E-state index contributed by atoms with van der Waals surface area (Å²) in [6.07, 6.45) is 1.17. The van der Waals surface area contributed by atoms with Gasteiger partial charge in [-0.3, -0.25) is 14.4 Å². The minimum atomic E-state index is -1.06. The number of carbonyl (C=O) groups excluding carboxylic acids is 3. The van der Waals surface area contributed by atoms with Crippen LogP contribution >= 0.6 is 0 Å². The first-order valence-corrected chi connectivity index (χ1v) is 10.6. The molecule has 0 bridgehead atoms. The van der Waals surface area contributed by atoms with Gasteiger partial charge in [0, 0.05) is 11.3 Å². The summed E-state index contributed by atoms with van der Waals surface area (Å²) >= 11 is 0. The van der Waals surface area contributed by atoms with Crippen LogP contribution in [0.25, 0.3) is 0 Å². The quantitative estimate of drug-likeness (QED) is 0.224. The van der Waals surface area contributed by atoms with Crippen molar-refractivity contribution in [3.63, 3.8) is 0 Å². The third-order valence-electron chi connectivity index (χ3n) is 4.65. The molecule has 35 heavy (non-hydrogen) atoms. The number of amides is 3. The van der Waals surface area contributed by atoms with Crippen molar-refractivity contribution in [3.05, 3.63) is 77.9 Å². The van der Waals surface area contributed by atoms with Crippen LogP contribution < -0.4 is 25.5 Å². The number of nitrogens with one attached hydrogen (secondary N) is 3. The third kappa shape index (κ3) is 6.81. The lowest BCUT2D eigenvalue weighted by Crippen LogP contribution is -2.33. The van der Waals surface area contributed by atoms with E-state index in [0.29, 0.717) is 23.8 Å². The Balaban J connectivity index is 1.63. The molecule has 3 aromatic carbocycles. The predicted molar refractivity (Wildman–Crippen MR) is 131 cm³/mol. The number of hydrogen-bond acceptors (Lipinski definition) is 7. The molecule has 3 aromatic rings. The number of nitrogens with zero attached hydrogens (tertiary/aromatic N) is 1. The van der Waals surface area contributed by atoms with Crippen LogP contribution in [0.5, 0.6) is 17.2 Å². The summed E-state index contributed by atoms with van der Waals surface area (Å²) in [6, 6.07) is 17.6. The van der Waals surface area contributed by atoms with Crippen molar-refractivity contribution in [2.75, 3.05) is 24.4 Å². The summed E-state index contributed by atoms with van der Waals surface area (Å²) in [6.45, 7) is 2.40. The molecule has 0 saturated heterocycles. The van der Waals surface area contributed by atoms with Crippen LogP contribution in [0.4, 0.5) is 11.4 Å². The molecule has 10 nitrogen and oxygen atoms in total. The molecule has 0 heterocycles. The van der Waals surface area contributed by atoms with Gasteiger partial charge in [0.25, 0.3) is 5.91 Å². The molecule has 0 saturated carbocycles. The van der Waals surface area contributed by atoms with Gasteiger partial charge >= 0.3 is 11.8 Å². The van der Waals surface area contributed by atoms with Gasteiger partial charge in [-0.15, -0.1) is 0 Å². The number of aromatic hydroxyl groups is 1. The maximum absolute atomic E-state index is 12.8. The van der Waals surface area contributed by atoms with Gasteiger partial charge in [0.15, 0.2) is 0 Å². The summed E-state index contributed by atoms with van der Waals surface area (Å²) in [4.78, 5) is 37.3. The molecule has 0 aliphatic rings. The largest absolute Gasteiger partial charge is 0.507 e. The fourth-order valence-corrected chi connectivity index (χ4v) is 2.94. The summed E-state index contributed by atoms with van der Waals surface area (Å²) < 4.78 is 10.4. The van der Waals surface area contributed by atoms with E-state index in [1.54, 1.807) is 42.5 Å². The van der Waals surface area contributed by atoms with Crippen LogP contribution in [0, 0.1) is 0 Å². The van der Waals surface area contributed by atoms with Crippen molar-refractivity contribution in [3.8, 4) is 17.2 Å². The standard InChI is InChI=1S/C25H24N4O6/c1-3-35-18-10-8-17(9-11-18)27-23(31)20-6-4-5-7-21(20)28-24(32)25(33)29-26-15-16-14-19(34-2)12-13-22(16)30/h4-15,30H,3H2,1-2H3,(H,27,31)(H,28,32)(H,29,33)/b26-15+. The number of anilines is 2. The molecule has 0 aliphatic carbocycles. The number of para-hydroxylation sites is 1. The zero-order valence-electron chi connectivity index (χ0n) is 19.1. The third-order valence-corrected chi connectivity index (χ3v) is 4.65. The number of benzene rings is 3. The van der Waals surface area contributed by atoms with Gasteiger partial charge in [-0.05, 0) is 61.5 Å². The molecular formula is C25H24N4O6. The van der Waals surface area contributed by atoms with Crippen LogP contribution in [0.3, 0.4) is 0 Å². The highest BCUT2D eigenvalue weighted by Gasteiger charge is 2.18. The van der Waals surface area contributed by atoms with Gasteiger partial charge in [0.05, 0.1) is 31.2 Å². The van der Waals surface area contributed by atoms with Crippen molar-refractivity contribution in [1.82, 2.24) is 5.43 Å². The lowest BCUT2D eigenvalue weighted by molar-refractivity contribution is -0.136. The second-order valence-electron chi connectivity index (χ2n) is 7.04. The van der Waals surface area contributed by atoms with E-state index >= 15 is 0 Å². The molecule has 3 rings (SSSR count). The van der Waals surface area contributed by atoms with E-state index in [2.05, 4.69) is 21.2 Å². The number of ether oxygens (including phenoxy) is 2. The topological polar surface area (TPSA) is 138 Å². The Morgan fingerprint density at radius 2 is 1.66 bits per heavy atom. The Morgan fingerprint density at radius 1 is 0.943 bits per heavy atom. The van der Waals surface area contributed by atoms with Gasteiger partial charge in [0.2, 0.25) is 0 Å². The van der Waals surface area contributed by atoms with Crippen LogP contribution in [0.2, 0.25) is 0 Å². The number of carbonyl (C=O) groups is 3. The Kier molecular flexibility index (Phi) is 8.38. The predicted octanol–water partition coefficient (Wildman–Crippen LogP) is 3.14. The summed E-state index contributed by atoms with van der Waals surface area (Å²) in [5.74, 6) is -1.50. The first kappa shape index (κ1) is 24.8. The molecule has 0 fully saturated rings. The van der Waals surface area contributed by atoms with E-state index in [0.717, 1.165) is 0 Å². The molecule has 0 spiro atoms. The second-order valence-corrected chi connectivity index (χ2v) is 7.04. The summed E-state index contributed by atoms with van der Waals surface area (Å²) in [5.41, 5.74) is 3.19. The minimum absolute atomic E-state index is 0.0827. The lowest BCUT2D eigenvalue weighted by atomic mass is 10.1. The summed E-state index contributed by atoms with van der Waals surface area (Å²) in [5, 5.41) is 18.7. The number of hydrogen-bond donors (Lipinski definition) is 4. The Hall–Kier alpha value is -4.86. The van der Waals surface area contributed by atoms with Gasteiger partial charge in [-0.2, -0.15) is 5.10 Å². The Bertz CT molecular complexity index is 1240. The first-order valence-electron chi connectivity index (χ1n) is 10.6. The molecule has 4 N–H and O–H groups in total. The van der Waals surface area contributed by atoms with Gasteiger partial charge in [-0.1, -0.05) is 12.1 Å². The van der Waals surface area contributed by atoms with E-state index in [1.165, 1.54) is 37.6 Å². The van der Waals surface area contributed by atoms with Crippen molar-refractivity contribution in [2.24, 2.45) is 5.10 Å². The Labute approximate surface area is 201 Å². The highest BCUT2D eigenvalue weighted by molar-refractivity contribution is 6.40. The van der Waals surface area contributed by atoms with Crippen LogP contribution in [0.1, 0.15) is 22.8 Å². The zero-order valence-corrected chi connectivity index (χ0v) is 19.1. The number of hydrazone groups is 1. The number of phenolic OH excluding ortho intramolecular Hbond substituents is 1. The number of rotatable bonds is 8. The first-order chi connectivity index (χ1) is 16.9. The molecule has 3 amide bonds. The maximum Gasteiger partial charge on any atom is 0.329 e. The molecular weight excluding hydrogens is 452 g/mol. The SMILES string of the molecule is CCOc1ccc(NC(=O)c2ccccc2NC(=O)C(=O)N/N=C/c2cc(OC)ccc2O)cc1. The molecule has 0 aliphatic heterocycles. The molecule has 0 aromatic heterocycles. The van der Waals surface area contributed by atoms with E-state index in [9.17, 15) is 19.5 Å². The zero-order chi connectivity index (χ0) is 25.2. The van der Waals surface area contributed by atoms with Crippen molar-refractivity contribution < 1.29 is 29.0 Å². The summed E-state index contributed by atoms with van der Waals surface area (Å²) in [7, 11) is 1.47. The monoisotopic (exact) mass is 476 g/mol. The molecule has 0 radical (unpaired) electrons. The van der Waals surface area contributed by atoms with E-state index in [-0.39, 0.29) is 22.6 Å². The van der Waals surface area contributed by atoms with Crippen molar-refractivity contribution >= 4 is 35.3 Å². The maximum atomic E-state index is 12.8. The average Bonchev–Trinajstić information content (AvgIpc) is 2.86. The fourth-order valence-electron chi connectivity index (χ4n) is 2.94. The normalized spacial score (nSPS) is 10.5. The smallest absolute Gasteiger partial charge is 0.329 e. The van der Waals surface area contributed by atoms with Crippen molar-refractivity contribution in [1.29, 1.82) is 0 Å². The fraction of sp³-hybridized carbons (Fsp3) is 0.120. The molecule has 0 unspecified atom stereocenters. The van der Waals surface area contributed by atoms with Crippen LogP contribution in [0.15, 0.2) is 71.8 Å². The van der Waals surface area contributed by atoms with E-state index in [4.69, 9.17) is 9.47 Å².